The zero-order valence-electron chi connectivity index (χ0n) is 15.3. The Labute approximate surface area is 156 Å². The van der Waals surface area contributed by atoms with Crippen molar-refractivity contribution in [2.75, 3.05) is 0 Å². The smallest absolute Gasteiger partial charge is 0.303 e. The van der Waals surface area contributed by atoms with E-state index in [2.05, 4.69) is 0 Å². The van der Waals surface area contributed by atoms with Crippen molar-refractivity contribution in [1.29, 1.82) is 0 Å². The number of rotatable bonds is 11. The summed E-state index contributed by atoms with van der Waals surface area (Å²) in [6, 6.07) is 0. The second kappa shape index (κ2) is 13.5. The summed E-state index contributed by atoms with van der Waals surface area (Å²) in [5, 5.41) is 38.0. The Morgan fingerprint density at radius 1 is 0.885 bits per heavy atom. The highest BCUT2D eigenvalue weighted by Gasteiger charge is 2.19. The van der Waals surface area contributed by atoms with Crippen LogP contribution in [0.5, 0.6) is 0 Å². The van der Waals surface area contributed by atoms with Crippen LogP contribution in [0, 0.1) is 5.92 Å². The SMILES string of the molecule is O=C(O)CCC[C@H](O)[C@H](O)C=CC=CC=CC=C[C@@H](O)C1CCCCC1. The molecule has 5 nitrogen and oxygen atoms in total. The zero-order valence-corrected chi connectivity index (χ0v) is 15.3. The average Bonchev–Trinajstić information content (AvgIpc) is 2.63. The summed E-state index contributed by atoms with van der Waals surface area (Å²) in [6.45, 7) is 0. The van der Waals surface area contributed by atoms with Crippen molar-refractivity contribution in [2.45, 2.75) is 69.7 Å². The molecule has 0 amide bonds. The first-order valence-electron chi connectivity index (χ1n) is 9.45. The first-order valence-corrected chi connectivity index (χ1v) is 9.45. The monoisotopic (exact) mass is 364 g/mol. The number of aliphatic hydroxyl groups excluding tert-OH is 3. The first kappa shape index (κ1) is 22.4. The molecule has 3 atom stereocenters. The van der Waals surface area contributed by atoms with Crippen LogP contribution >= 0.6 is 0 Å². The number of hydrogen-bond donors (Lipinski definition) is 4. The molecule has 146 valence electrons. The molecule has 0 aromatic rings. The van der Waals surface area contributed by atoms with E-state index < -0.39 is 18.2 Å². The molecule has 5 heteroatoms. The van der Waals surface area contributed by atoms with Crippen LogP contribution in [-0.2, 0) is 4.79 Å². The first-order chi connectivity index (χ1) is 12.5. The number of allylic oxidation sites excluding steroid dienone is 6. The van der Waals surface area contributed by atoms with Crippen LogP contribution in [0.3, 0.4) is 0 Å². The summed E-state index contributed by atoms with van der Waals surface area (Å²) in [5.41, 5.74) is 0. The van der Waals surface area contributed by atoms with E-state index >= 15 is 0 Å². The van der Waals surface area contributed by atoms with E-state index in [9.17, 15) is 20.1 Å². The van der Waals surface area contributed by atoms with E-state index in [1.54, 1.807) is 18.2 Å². The topological polar surface area (TPSA) is 98.0 Å². The van der Waals surface area contributed by atoms with Gasteiger partial charge in [-0.2, -0.15) is 0 Å². The summed E-state index contributed by atoms with van der Waals surface area (Å²) in [7, 11) is 0. The van der Waals surface area contributed by atoms with Crippen molar-refractivity contribution in [3.63, 3.8) is 0 Å². The molecule has 1 saturated carbocycles. The quantitative estimate of drug-likeness (QED) is 0.422. The van der Waals surface area contributed by atoms with E-state index in [4.69, 9.17) is 5.11 Å². The van der Waals surface area contributed by atoms with E-state index in [1.807, 2.05) is 24.3 Å². The van der Waals surface area contributed by atoms with Crippen molar-refractivity contribution >= 4 is 5.97 Å². The molecule has 0 saturated heterocycles. The van der Waals surface area contributed by atoms with Crippen LogP contribution in [0.1, 0.15) is 51.4 Å². The zero-order chi connectivity index (χ0) is 19.2. The molecule has 1 fully saturated rings. The molecule has 1 aliphatic carbocycles. The van der Waals surface area contributed by atoms with Gasteiger partial charge in [-0.05, 0) is 31.6 Å². The minimum atomic E-state index is -1.01. The second-order valence-electron chi connectivity index (χ2n) is 6.77. The lowest BCUT2D eigenvalue weighted by Gasteiger charge is -2.24. The predicted octanol–water partition coefficient (Wildman–Crippen LogP) is 3.13. The third kappa shape index (κ3) is 10.3. The van der Waals surface area contributed by atoms with E-state index in [0.29, 0.717) is 12.3 Å². The fourth-order valence-electron chi connectivity index (χ4n) is 3.01. The molecule has 0 spiro atoms. The maximum atomic E-state index is 10.4. The fraction of sp³-hybridized carbons (Fsp3) is 0.571. The van der Waals surface area contributed by atoms with E-state index in [1.165, 1.54) is 25.3 Å². The van der Waals surface area contributed by atoms with Gasteiger partial charge >= 0.3 is 5.97 Å². The van der Waals surface area contributed by atoms with Gasteiger partial charge in [0.05, 0.1) is 18.3 Å². The van der Waals surface area contributed by atoms with Gasteiger partial charge < -0.3 is 20.4 Å². The molecular formula is C21H32O5. The Balaban J connectivity index is 2.23. The molecule has 0 aliphatic heterocycles. The van der Waals surface area contributed by atoms with Crippen LogP contribution in [0.2, 0.25) is 0 Å². The number of carbonyl (C=O) groups is 1. The number of carboxylic acid groups (broad SMARTS) is 1. The van der Waals surface area contributed by atoms with Crippen molar-refractivity contribution in [1.82, 2.24) is 0 Å². The molecule has 26 heavy (non-hydrogen) atoms. The van der Waals surface area contributed by atoms with Crippen molar-refractivity contribution in [2.24, 2.45) is 5.92 Å². The highest BCUT2D eigenvalue weighted by molar-refractivity contribution is 5.66. The molecule has 0 bridgehead atoms. The van der Waals surface area contributed by atoms with Crippen molar-refractivity contribution in [3.05, 3.63) is 48.6 Å². The Bertz CT molecular complexity index is 501. The molecule has 0 aromatic carbocycles. The summed E-state index contributed by atoms with van der Waals surface area (Å²) in [5.74, 6) is -0.521. The summed E-state index contributed by atoms with van der Waals surface area (Å²) >= 11 is 0. The second-order valence-corrected chi connectivity index (χ2v) is 6.77. The third-order valence-corrected chi connectivity index (χ3v) is 4.59. The Hall–Kier alpha value is -1.69. The number of carboxylic acids is 1. The maximum Gasteiger partial charge on any atom is 0.303 e. The minimum absolute atomic E-state index is 0.0127. The van der Waals surface area contributed by atoms with Crippen molar-refractivity contribution in [3.8, 4) is 0 Å². The fourth-order valence-corrected chi connectivity index (χ4v) is 3.01. The number of aliphatic hydroxyl groups is 3. The lowest BCUT2D eigenvalue weighted by Crippen LogP contribution is -2.23. The normalized spacial score (nSPS) is 20.4. The third-order valence-electron chi connectivity index (χ3n) is 4.59. The Morgan fingerprint density at radius 3 is 2.08 bits per heavy atom. The van der Waals surface area contributed by atoms with Gasteiger partial charge in [-0.25, -0.2) is 0 Å². The van der Waals surface area contributed by atoms with Gasteiger partial charge in [-0.1, -0.05) is 67.9 Å². The van der Waals surface area contributed by atoms with Gasteiger partial charge in [-0.3, -0.25) is 4.79 Å². The summed E-state index contributed by atoms with van der Waals surface area (Å²) in [4.78, 5) is 10.4. The number of hydrogen-bond acceptors (Lipinski definition) is 4. The van der Waals surface area contributed by atoms with Crippen molar-refractivity contribution < 1.29 is 25.2 Å². The van der Waals surface area contributed by atoms with Gasteiger partial charge in [0.25, 0.3) is 0 Å². The number of aliphatic carboxylic acids is 1. The molecule has 1 rings (SSSR count). The highest BCUT2D eigenvalue weighted by atomic mass is 16.4. The van der Waals surface area contributed by atoms with Crippen LogP contribution in [0.25, 0.3) is 0 Å². The molecule has 1 aliphatic rings. The van der Waals surface area contributed by atoms with E-state index in [-0.39, 0.29) is 18.9 Å². The summed E-state index contributed by atoms with van der Waals surface area (Å²) < 4.78 is 0. The van der Waals surface area contributed by atoms with Crippen LogP contribution in [0.15, 0.2) is 48.6 Å². The maximum absolute atomic E-state index is 10.4. The van der Waals surface area contributed by atoms with Gasteiger partial charge in [0.15, 0.2) is 0 Å². The lowest BCUT2D eigenvalue weighted by molar-refractivity contribution is -0.137. The van der Waals surface area contributed by atoms with Crippen LogP contribution in [0.4, 0.5) is 0 Å². The molecular weight excluding hydrogens is 332 g/mol. The largest absolute Gasteiger partial charge is 0.481 e. The summed E-state index contributed by atoms with van der Waals surface area (Å²) in [6.07, 6.45) is 18.1. The van der Waals surface area contributed by atoms with Gasteiger partial charge in [0.1, 0.15) is 0 Å². The van der Waals surface area contributed by atoms with Gasteiger partial charge in [0, 0.05) is 6.42 Å². The van der Waals surface area contributed by atoms with Crippen LogP contribution < -0.4 is 0 Å². The minimum Gasteiger partial charge on any atom is -0.481 e. The average molecular weight is 364 g/mol. The molecule has 0 unspecified atom stereocenters. The molecule has 0 aromatic heterocycles. The van der Waals surface area contributed by atoms with Gasteiger partial charge in [0.2, 0.25) is 0 Å². The standard InChI is InChI=1S/C21H32O5/c22-18(17-11-6-5-7-12-17)13-8-3-1-2-4-9-14-19(23)20(24)15-10-16-21(25)26/h1-4,8-9,13-14,17-20,22-24H,5-7,10-12,15-16H2,(H,25,26)/t18-,19-,20+/m1/s1. The highest BCUT2D eigenvalue weighted by Crippen LogP contribution is 2.26. The predicted molar refractivity (Wildman–Crippen MR) is 103 cm³/mol. The molecule has 0 radical (unpaired) electrons. The lowest BCUT2D eigenvalue weighted by atomic mass is 9.85. The van der Waals surface area contributed by atoms with Crippen LogP contribution in [-0.4, -0.2) is 44.7 Å². The Morgan fingerprint density at radius 2 is 1.46 bits per heavy atom. The van der Waals surface area contributed by atoms with E-state index in [0.717, 1.165) is 12.8 Å². The Kier molecular flexibility index (Phi) is 11.6. The molecule has 0 heterocycles. The van der Waals surface area contributed by atoms with Gasteiger partial charge in [-0.15, -0.1) is 0 Å². The molecule has 4 N–H and O–H groups in total.